The maximum Gasteiger partial charge on any atom is 0.310 e. The Morgan fingerprint density at radius 2 is 2.33 bits per heavy atom. The maximum absolute atomic E-state index is 11.0. The van der Waals surface area contributed by atoms with Gasteiger partial charge in [0.05, 0.1) is 16.1 Å². The summed E-state index contributed by atoms with van der Waals surface area (Å²) in [7, 11) is 0. The highest BCUT2D eigenvalue weighted by Crippen LogP contribution is 2.49. The van der Waals surface area contributed by atoms with Gasteiger partial charge in [-0.2, -0.15) is 0 Å². The van der Waals surface area contributed by atoms with Gasteiger partial charge in [0.1, 0.15) is 0 Å². The summed E-state index contributed by atoms with van der Waals surface area (Å²) < 4.78 is 0. The van der Waals surface area contributed by atoms with Gasteiger partial charge >= 0.3 is 5.97 Å². The average Bonchev–Trinajstić information content (AvgIpc) is 3.07. The highest BCUT2D eigenvalue weighted by Gasteiger charge is 2.50. The lowest BCUT2D eigenvalue weighted by Gasteiger charge is -2.05. The fourth-order valence-electron chi connectivity index (χ4n) is 1.89. The van der Waals surface area contributed by atoms with Crippen LogP contribution in [0.2, 0.25) is 0 Å². The van der Waals surface area contributed by atoms with E-state index in [1.807, 2.05) is 5.38 Å². The molecule has 1 heterocycles. The van der Waals surface area contributed by atoms with E-state index in [0.717, 1.165) is 18.5 Å². The molecule has 2 fully saturated rings. The molecule has 3 rings (SSSR count). The first kappa shape index (κ1) is 9.33. The Bertz CT molecular complexity index is 404. The van der Waals surface area contributed by atoms with Crippen LogP contribution in [-0.4, -0.2) is 16.1 Å². The zero-order valence-electron chi connectivity index (χ0n) is 8.40. The minimum Gasteiger partial charge on any atom is -0.481 e. The van der Waals surface area contributed by atoms with Gasteiger partial charge in [0.15, 0.2) is 0 Å². The molecule has 80 valence electrons. The summed E-state index contributed by atoms with van der Waals surface area (Å²) in [6.07, 6.45) is 4.79. The predicted octanol–water partition coefficient (Wildman–Crippen LogP) is 2.43. The van der Waals surface area contributed by atoms with Crippen LogP contribution in [0.15, 0.2) is 5.38 Å². The van der Waals surface area contributed by atoms with Crippen molar-refractivity contribution in [3.63, 3.8) is 0 Å². The normalized spacial score (nSPS) is 22.7. The van der Waals surface area contributed by atoms with E-state index in [1.165, 1.54) is 17.8 Å². The molecular weight excluding hydrogens is 210 g/mol. The molecule has 3 nitrogen and oxygen atoms in total. The van der Waals surface area contributed by atoms with Crippen molar-refractivity contribution >= 4 is 17.3 Å². The summed E-state index contributed by atoms with van der Waals surface area (Å²) in [6, 6.07) is 0. The van der Waals surface area contributed by atoms with Crippen LogP contribution in [0.25, 0.3) is 0 Å². The predicted molar refractivity (Wildman–Crippen MR) is 57.1 cm³/mol. The van der Waals surface area contributed by atoms with E-state index in [1.54, 1.807) is 11.3 Å². The van der Waals surface area contributed by atoms with Crippen LogP contribution in [0.5, 0.6) is 0 Å². The number of carboxylic acid groups (broad SMARTS) is 1. The summed E-state index contributed by atoms with van der Waals surface area (Å²) in [5.41, 5.74) is 0.524. The monoisotopic (exact) mass is 223 g/mol. The fourth-order valence-corrected chi connectivity index (χ4v) is 2.88. The lowest BCUT2D eigenvalue weighted by atomic mass is 10.0. The van der Waals surface area contributed by atoms with Crippen LogP contribution >= 0.6 is 11.3 Å². The van der Waals surface area contributed by atoms with Gasteiger partial charge in [-0.05, 0) is 25.7 Å². The number of rotatable bonds is 4. The van der Waals surface area contributed by atoms with Gasteiger partial charge in [0.2, 0.25) is 0 Å². The molecule has 2 saturated carbocycles. The Kier molecular flexibility index (Phi) is 1.89. The van der Waals surface area contributed by atoms with Crippen LogP contribution in [0.3, 0.4) is 0 Å². The number of carboxylic acids is 1. The Hall–Kier alpha value is -0.900. The number of carbonyl (C=O) groups is 1. The topological polar surface area (TPSA) is 50.2 Å². The van der Waals surface area contributed by atoms with E-state index in [2.05, 4.69) is 4.98 Å². The molecule has 0 spiro atoms. The Morgan fingerprint density at radius 1 is 1.60 bits per heavy atom. The molecule has 15 heavy (non-hydrogen) atoms. The molecule has 0 atom stereocenters. The zero-order chi connectivity index (χ0) is 10.5. The van der Waals surface area contributed by atoms with Gasteiger partial charge in [-0.1, -0.05) is 0 Å². The molecule has 0 aromatic carbocycles. The first-order valence-electron chi connectivity index (χ1n) is 5.37. The Labute approximate surface area is 92.2 Å². The van der Waals surface area contributed by atoms with Crippen molar-refractivity contribution < 1.29 is 9.90 Å². The van der Waals surface area contributed by atoms with Crippen molar-refractivity contribution in [3.05, 3.63) is 16.1 Å². The summed E-state index contributed by atoms with van der Waals surface area (Å²) in [5.74, 6) is 0.0344. The van der Waals surface area contributed by atoms with Gasteiger partial charge in [-0.25, -0.2) is 4.98 Å². The van der Waals surface area contributed by atoms with E-state index in [-0.39, 0.29) is 0 Å². The lowest BCUT2D eigenvalue weighted by molar-refractivity contribution is -0.143. The highest BCUT2D eigenvalue weighted by molar-refractivity contribution is 7.09. The third-order valence-corrected chi connectivity index (χ3v) is 4.38. The van der Waals surface area contributed by atoms with E-state index in [0.29, 0.717) is 12.3 Å². The second kappa shape index (κ2) is 3.04. The average molecular weight is 223 g/mol. The summed E-state index contributed by atoms with van der Waals surface area (Å²) >= 11 is 1.70. The largest absolute Gasteiger partial charge is 0.481 e. The van der Waals surface area contributed by atoms with Crippen LogP contribution in [0.1, 0.15) is 42.3 Å². The van der Waals surface area contributed by atoms with E-state index in [9.17, 15) is 4.79 Å². The zero-order valence-corrected chi connectivity index (χ0v) is 9.22. The smallest absolute Gasteiger partial charge is 0.310 e. The van der Waals surface area contributed by atoms with Gasteiger partial charge in [0, 0.05) is 17.7 Å². The Morgan fingerprint density at radius 3 is 2.87 bits per heavy atom. The summed E-state index contributed by atoms with van der Waals surface area (Å²) in [5, 5.41) is 12.3. The van der Waals surface area contributed by atoms with Crippen molar-refractivity contribution in [2.75, 3.05) is 0 Å². The molecule has 0 aliphatic heterocycles. The highest BCUT2D eigenvalue weighted by atomic mass is 32.1. The number of hydrogen-bond donors (Lipinski definition) is 1. The lowest BCUT2D eigenvalue weighted by Crippen LogP contribution is -2.17. The number of thiazole rings is 1. The number of aliphatic carboxylic acids is 1. The van der Waals surface area contributed by atoms with Crippen molar-refractivity contribution in [1.29, 1.82) is 0 Å². The molecule has 2 aliphatic carbocycles. The fraction of sp³-hybridized carbons (Fsp3) is 0.636. The van der Waals surface area contributed by atoms with Crippen molar-refractivity contribution in [2.45, 2.75) is 38.0 Å². The van der Waals surface area contributed by atoms with Crippen LogP contribution in [0, 0.1) is 5.41 Å². The molecule has 1 N–H and O–H groups in total. The van der Waals surface area contributed by atoms with Crippen molar-refractivity contribution in [1.82, 2.24) is 4.98 Å². The molecule has 1 aromatic rings. The number of nitrogens with zero attached hydrogens (tertiary/aromatic N) is 1. The molecule has 0 saturated heterocycles. The molecular formula is C11H13NO2S. The van der Waals surface area contributed by atoms with Crippen LogP contribution < -0.4 is 0 Å². The first-order chi connectivity index (χ1) is 7.20. The molecule has 2 aliphatic rings. The van der Waals surface area contributed by atoms with Crippen molar-refractivity contribution in [2.24, 2.45) is 5.41 Å². The molecule has 0 bridgehead atoms. The second-order valence-electron chi connectivity index (χ2n) is 4.71. The number of hydrogen-bond acceptors (Lipinski definition) is 3. The summed E-state index contributed by atoms with van der Waals surface area (Å²) in [6.45, 7) is 0. The molecule has 0 unspecified atom stereocenters. The summed E-state index contributed by atoms with van der Waals surface area (Å²) in [4.78, 5) is 15.6. The minimum absolute atomic E-state index is 0.463. The Balaban J connectivity index is 1.73. The number of aromatic nitrogens is 1. The van der Waals surface area contributed by atoms with E-state index >= 15 is 0 Å². The minimum atomic E-state index is -0.650. The quantitative estimate of drug-likeness (QED) is 0.852. The molecule has 1 aromatic heterocycles. The van der Waals surface area contributed by atoms with Crippen LogP contribution in [0.4, 0.5) is 0 Å². The standard InChI is InChI=1S/C11H13NO2S/c13-10(14)11(3-4-11)5-8-6-15-9(12-8)7-1-2-7/h6-7H,1-5H2,(H,13,14). The van der Waals surface area contributed by atoms with Crippen molar-refractivity contribution in [3.8, 4) is 0 Å². The first-order valence-corrected chi connectivity index (χ1v) is 6.25. The SMILES string of the molecule is O=C(O)C1(Cc2csc(C3CC3)n2)CC1. The van der Waals surface area contributed by atoms with Crippen LogP contribution in [-0.2, 0) is 11.2 Å². The van der Waals surface area contributed by atoms with Gasteiger partial charge in [-0.3, -0.25) is 4.79 Å². The van der Waals surface area contributed by atoms with Gasteiger partial charge in [0.25, 0.3) is 0 Å². The third kappa shape index (κ3) is 1.67. The maximum atomic E-state index is 11.0. The van der Waals surface area contributed by atoms with Gasteiger partial charge in [-0.15, -0.1) is 11.3 Å². The van der Waals surface area contributed by atoms with E-state index < -0.39 is 11.4 Å². The third-order valence-electron chi connectivity index (χ3n) is 3.32. The molecule has 0 amide bonds. The van der Waals surface area contributed by atoms with E-state index in [4.69, 9.17) is 5.11 Å². The van der Waals surface area contributed by atoms with Gasteiger partial charge < -0.3 is 5.11 Å². The molecule has 4 heteroatoms. The second-order valence-corrected chi connectivity index (χ2v) is 5.60. The molecule has 0 radical (unpaired) electrons.